The van der Waals surface area contributed by atoms with Crippen LogP contribution in [0.25, 0.3) is 21.9 Å². The molecule has 1 aromatic carbocycles. The van der Waals surface area contributed by atoms with Crippen molar-refractivity contribution in [3.05, 3.63) is 59.5 Å². The van der Waals surface area contributed by atoms with Crippen molar-refractivity contribution in [3.8, 4) is 11.8 Å². The van der Waals surface area contributed by atoms with Gasteiger partial charge < -0.3 is 5.11 Å². The summed E-state index contributed by atoms with van der Waals surface area (Å²) in [7, 11) is -4.02. The van der Waals surface area contributed by atoms with Crippen molar-refractivity contribution in [3.63, 3.8) is 0 Å². The van der Waals surface area contributed by atoms with Gasteiger partial charge in [0.2, 0.25) is 0 Å². The normalized spacial score (nSPS) is 11.7. The van der Waals surface area contributed by atoms with Crippen LogP contribution in [-0.2, 0) is 10.0 Å². The molecule has 0 aliphatic carbocycles. The zero-order chi connectivity index (χ0) is 18.5. The van der Waals surface area contributed by atoms with E-state index in [9.17, 15) is 13.5 Å². The van der Waals surface area contributed by atoms with Crippen LogP contribution in [0.5, 0.6) is 5.75 Å². The van der Waals surface area contributed by atoms with Gasteiger partial charge in [0.05, 0.1) is 27.0 Å². The largest absolute Gasteiger partial charge is 0.504 e. The van der Waals surface area contributed by atoms with E-state index in [-0.39, 0.29) is 32.2 Å². The molecule has 0 radical (unpaired) electrons. The Morgan fingerprint density at radius 1 is 1.15 bits per heavy atom. The van der Waals surface area contributed by atoms with Gasteiger partial charge >= 0.3 is 0 Å². The van der Waals surface area contributed by atoms with Crippen molar-refractivity contribution in [2.24, 2.45) is 0 Å². The molecule has 0 aliphatic heterocycles. The molecule has 0 saturated carbocycles. The first kappa shape index (κ1) is 16.3. The zero-order valence-corrected chi connectivity index (χ0v) is 14.5. The molecule has 0 unspecified atom stereocenters. The first-order valence-electron chi connectivity index (χ1n) is 7.33. The third-order valence-electron chi connectivity index (χ3n) is 3.93. The molecule has 4 rings (SSSR count). The van der Waals surface area contributed by atoms with E-state index in [1.165, 1.54) is 30.6 Å². The Kier molecular flexibility index (Phi) is 3.57. The van der Waals surface area contributed by atoms with Gasteiger partial charge in [-0.3, -0.25) is 0 Å². The fourth-order valence-electron chi connectivity index (χ4n) is 2.83. The summed E-state index contributed by atoms with van der Waals surface area (Å²) in [6.07, 6.45) is 2.54. The van der Waals surface area contributed by atoms with Crippen molar-refractivity contribution >= 4 is 43.6 Å². The van der Waals surface area contributed by atoms with Crippen LogP contribution in [-0.4, -0.2) is 27.5 Å². The van der Waals surface area contributed by atoms with E-state index in [2.05, 4.69) is 9.97 Å². The van der Waals surface area contributed by atoms with Crippen LogP contribution in [0.15, 0.2) is 53.7 Å². The third-order valence-corrected chi connectivity index (χ3v) is 5.86. The van der Waals surface area contributed by atoms with Crippen molar-refractivity contribution in [2.45, 2.75) is 4.90 Å². The predicted octanol–water partition coefficient (Wildman–Crippen LogP) is 3.05. The smallest absolute Gasteiger partial charge is 0.269 e. The monoisotopic (exact) mass is 384 g/mol. The number of halogens is 1. The Balaban J connectivity index is 2.23. The first-order valence-corrected chi connectivity index (χ1v) is 9.15. The topological polar surface area (TPSA) is 109 Å². The number of nitrogens with zero attached hydrogens (tertiary/aromatic N) is 4. The highest BCUT2D eigenvalue weighted by molar-refractivity contribution is 7.90. The Labute approximate surface area is 152 Å². The minimum atomic E-state index is -4.02. The molecule has 0 saturated heterocycles. The van der Waals surface area contributed by atoms with Crippen molar-refractivity contribution in [1.29, 1.82) is 5.26 Å². The first-order chi connectivity index (χ1) is 12.4. The molecule has 0 fully saturated rings. The second-order valence-electron chi connectivity index (χ2n) is 5.43. The highest BCUT2D eigenvalue weighted by Crippen LogP contribution is 2.38. The number of hydrogen-bond acceptors (Lipinski definition) is 6. The minimum absolute atomic E-state index is 0.0550. The Morgan fingerprint density at radius 3 is 2.58 bits per heavy atom. The summed E-state index contributed by atoms with van der Waals surface area (Å²) in [5.41, 5.74) is -0.0239. The van der Waals surface area contributed by atoms with E-state index in [1.807, 2.05) is 0 Å². The summed E-state index contributed by atoms with van der Waals surface area (Å²) < 4.78 is 27.4. The molecule has 7 nitrogen and oxygen atoms in total. The lowest BCUT2D eigenvalue weighted by molar-refractivity contribution is 0.477. The number of nitriles is 1. The second kappa shape index (κ2) is 5.69. The van der Waals surface area contributed by atoms with Crippen LogP contribution < -0.4 is 0 Å². The molecule has 1 N–H and O–H groups in total. The van der Waals surface area contributed by atoms with Crippen LogP contribution in [0, 0.1) is 11.3 Å². The van der Waals surface area contributed by atoms with E-state index in [4.69, 9.17) is 16.9 Å². The molecule has 4 aromatic rings. The van der Waals surface area contributed by atoms with Gasteiger partial charge in [-0.2, -0.15) is 5.26 Å². The maximum atomic E-state index is 13.2. The summed E-state index contributed by atoms with van der Waals surface area (Å²) in [5, 5.41) is 20.3. The highest BCUT2D eigenvalue weighted by atomic mass is 35.5. The lowest BCUT2D eigenvalue weighted by Gasteiger charge is -2.08. The molecule has 26 heavy (non-hydrogen) atoms. The lowest BCUT2D eigenvalue weighted by atomic mass is 10.2. The Morgan fingerprint density at radius 2 is 1.88 bits per heavy atom. The highest BCUT2D eigenvalue weighted by Gasteiger charge is 2.27. The van der Waals surface area contributed by atoms with E-state index >= 15 is 0 Å². The summed E-state index contributed by atoms with van der Waals surface area (Å²) in [6.45, 7) is 0. The molecular formula is C17H9ClN4O3S. The van der Waals surface area contributed by atoms with Crippen molar-refractivity contribution < 1.29 is 13.5 Å². The van der Waals surface area contributed by atoms with Crippen LogP contribution in [0.3, 0.4) is 0 Å². The molecule has 128 valence electrons. The molecule has 0 atom stereocenters. The van der Waals surface area contributed by atoms with Crippen LogP contribution in [0.1, 0.15) is 5.69 Å². The number of rotatable bonds is 2. The molecule has 0 bridgehead atoms. The average Bonchev–Trinajstić information content (AvgIpc) is 2.97. The number of aromatic nitrogens is 3. The number of aromatic hydroxyl groups is 1. The predicted molar refractivity (Wildman–Crippen MR) is 95.4 cm³/mol. The molecule has 0 spiro atoms. The molecular weight excluding hydrogens is 376 g/mol. The van der Waals surface area contributed by atoms with Gasteiger partial charge in [-0.1, -0.05) is 29.8 Å². The Hall–Kier alpha value is -3.15. The number of pyridine rings is 2. The molecule has 9 heteroatoms. The van der Waals surface area contributed by atoms with Gasteiger partial charge in [-0.15, -0.1) is 0 Å². The molecule has 0 amide bonds. The molecule has 0 aliphatic rings. The average molecular weight is 385 g/mol. The van der Waals surface area contributed by atoms with E-state index in [0.29, 0.717) is 5.39 Å². The van der Waals surface area contributed by atoms with Gasteiger partial charge in [0.25, 0.3) is 10.0 Å². The number of benzene rings is 1. The van der Waals surface area contributed by atoms with Gasteiger partial charge in [0, 0.05) is 11.6 Å². The van der Waals surface area contributed by atoms with E-state index in [1.54, 1.807) is 24.3 Å². The fourth-order valence-corrected chi connectivity index (χ4v) is 4.47. The van der Waals surface area contributed by atoms with Crippen LogP contribution >= 0.6 is 11.6 Å². The van der Waals surface area contributed by atoms with Crippen LogP contribution in [0.2, 0.25) is 5.02 Å². The maximum Gasteiger partial charge on any atom is 0.269 e. The zero-order valence-electron chi connectivity index (χ0n) is 13.0. The van der Waals surface area contributed by atoms with Crippen molar-refractivity contribution in [2.75, 3.05) is 0 Å². The molecule has 3 heterocycles. The third kappa shape index (κ3) is 2.22. The van der Waals surface area contributed by atoms with Crippen molar-refractivity contribution in [1.82, 2.24) is 13.9 Å². The number of fused-ring (bicyclic) bond motifs is 3. The van der Waals surface area contributed by atoms with Gasteiger partial charge in [0.1, 0.15) is 6.07 Å². The van der Waals surface area contributed by atoms with Gasteiger partial charge in [-0.25, -0.2) is 22.4 Å². The Bertz CT molecular complexity index is 1330. The summed E-state index contributed by atoms with van der Waals surface area (Å²) in [5.74, 6) is -0.416. The second-order valence-corrected chi connectivity index (χ2v) is 7.66. The fraction of sp³-hybridized carbons (Fsp3) is 0. The lowest BCUT2D eigenvalue weighted by Crippen LogP contribution is -2.13. The quantitative estimate of drug-likeness (QED) is 0.569. The maximum absolute atomic E-state index is 13.2. The van der Waals surface area contributed by atoms with Crippen LogP contribution in [0.4, 0.5) is 0 Å². The van der Waals surface area contributed by atoms with Gasteiger partial charge in [0.15, 0.2) is 17.1 Å². The minimum Gasteiger partial charge on any atom is -0.504 e. The van der Waals surface area contributed by atoms with Gasteiger partial charge in [-0.05, 0) is 18.2 Å². The summed E-state index contributed by atoms with van der Waals surface area (Å²) >= 11 is 6.00. The summed E-state index contributed by atoms with van der Waals surface area (Å²) in [4.78, 5) is 8.04. The van der Waals surface area contributed by atoms with E-state index in [0.717, 1.165) is 3.97 Å². The number of hydrogen-bond donors (Lipinski definition) is 1. The summed E-state index contributed by atoms with van der Waals surface area (Å²) in [6, 6.07) is 11.1. The SMILES string of the molecule is N#Cc1ncc2c(c1O)c1cc(Cl)cnc1n2S(=O)(=O)c1ccccc1. The van der Waals surface area contributed by atoms with E-state index < -0.39 is 15.8 Å². The molecule has 3 aromatic heterocycles. The standard InChI is InChI=1S/C17H9ClN4O3S/c18-10-6-12-15-14(9-20-13(7-19)16(15)23)22(17(12)21-8-10)26(24,25)11-4-2-1-3-5-11/h1-6,8-9,23H.